The number of aromatic nitrogens is 1. The summed E-state index contributed by atoms with van der Waals surface area (Å²) in [7, 11) is 0. The van der Waals surface area contributed by atoms with E-state index in [4.69, 9.17) is 4.98 Å². The van der Waals surface area contributed by atoms with Crippen LogP contribution in [0.3, 0.4) is 0 Å². The molecule has 2 heterocycles. The van der Waals surface area contributed by atoms with Gasteiger partial charge in [0, 0.05) is 5.75 Å². The zero-order valence-electron chi connectivity index (χ0n) is 13.2. The molecule has 3 aromatic rings. The molecular weight excluding hydrogens is 339 g/mol. The van der Waals surface area contributed by atoms with Gasteiger partial charge in [-0.25, -0.2) is 9.37 Å². The van der Waals surface area contributed by atoms with Crippen LogP contribution in [0.2, 0.25) is 0 Å². The molecule has 0 amide bonds. The summed E-state index contributed by atoms with van der Waals surface area (Å²) in [6.45, 7) is 2.05. The van der Waals surface area contributed by atoms with Crippen LogP contribution in [0.25, 0.3) is 10.2 Å². The highest BCUT2D eigenvalue weighted by Gasteiger charge is 2.26. The van der Waals surface area contributed by atoms with Crippen molar-refractivity contribution in [1.29, 1.82) is 0 Å². The predicted octanol–water partition coefficient (Wildman–Crippen LogP) is 4.92. The molecule has 1 aromatic heterocycles. The van der Waals surface area contributed by atoms with Crippen LogP contribution in [0, 0.1) is 11.7 Å². The van der Waals surface area contributed by atoms with Crippen molar-refractivity contribution in [3.8, 4) is 0 Å². The topological polar surface area (TPSA) is 24.9 Å². The Balaban J connectivity index is 1.47. The standard InChI is InChI=1S/C19H19FN2S2/c20-15-7-5-13(6-8-15)16-9-10-21-11-14(16)12-23-19-22-17-3-1-2-4-18(17)24-19/h1-8,14,16,21H,9-12H2. The molecule has 1 fully saturated rings. The Kier molecular flexibility index (Phi) is 4.83. The minimum absolute atomic E-state index is 0.159. The molecule has 0 radical (unpaired) electrons. The summed E-state index contributed by atoms with van der Waals surface area (Å²) in [5.41, 5.74) is 2.34. The highest BCUT2D eigenvalue weighted by Crippen LogP contribution is 2.36. The van der Waals surface area contributed by atoms with E-state index in [0.29, 0.717) is 11.8 Å². The maximum absolute atomic E-state index is 13.2. The monoisotopic (exact) mass is 358 g/mol. The number of nitrogens with zero attached hydrogens (tertiary/aromatic N) is 1. The van der Waals surface area contributed by atoms with E-state index in [9.17, 15) is 4.39 Å². The Morgan fingerprint density at radius 3 is 2.83 bits per heavy atom. The van der Waals surface area contributed by atoms with Gasteiger partial charge in [-0.15, -0.1) is 11.3 Å². The first kappa shape index (κ1) is 16.1. The van der Waals surface area contributed by atoms with Gasteiger partial charge in [0.05, 0.1) is 10.2 Å². The quantitative estimate of drug-likeness (QED) is 0.670. The normalized spacial score (nSPS) is 21.2. The van der Waals surface area contributed by atoms with Crippen LogP contribution in [0.5, 0.6) is 0 Å². The molecule has 0 spiro atoms. The van der Waals surface area contributed by atoms with Crippen molar-refractivity contribution in [1.82, 2.24) is 10.3 Å². The Morgan fingerprint density at radius 2 is 2.00 bits per heavy atom. The zero-order chi connectivity index (χ0) is 16.4. The number of para-hydroxylation sites is 1. The second kappa shape index (κ2) is 7.21. The molecule has 1 aliphatic heterocycles. The van der Waals surface area contributed by atoms with E-state index < -0.39 is 0 Å². The maximum Gasteiger partial charge on any atom is 0.151 e. The third-order valence-corrected chi connectivity index (χ3v) is 6.97. The minimum Gasteiger partial charge on any atom is -0.316 e. The Labute approximate surface area is 149 Å². The number of rotatable bonds is 4. The molecule has 2 aromatic carbocycles. The van der Waals surface area contributed by atoms with Crippen LogP contribution in [0.1, 0.15) is 17.9 Å². The van der Waals surface area contributed by atoms with Crippen LogP contribution in [-0.4, -0.2) is 23.8 Å². The smallest absolute Gasteiger partial charge is 0.151 e. The molecule has 0 bridgehead atoms. The molecule has 1 saturated heterocycles. The first-order chi connectivity index (χ1) is 11.8. The molecule has 2 unspecified atom stereocenters. The van der Waals surface area contributed by atoms with Crippen LogP contribution < -0.4 is 5.32 Å². The number of nitrogens with one attached hydrogen (secondary N) is 1. The lowest BCUT2D eigenvalue weighted by Gasteiger charge is -2.32. The summed E-state index contributed by atoms with van der Waals surface area (Å²) in [5.74, 6) is 1.91. The van der Waals surface area contributed by atoms with Crippen molar-refractivity contribution in [3.05, 3.63) is 59.9 Å². The van der Waals surface area contributed by atoms with Crippen molar-refractivity contribution < 1.29 is 4.39 Å². The van der Waals surface area contributed by atoms with Crippen LogP contribution in [0.4, 0.5) is 4.39 Å². The van der Waals surface area contributed by atoms with Crippen molar-refractivity contribution in [2.45, 2.75) is 16.7 Å². The number of halogens is 1. The molecule has 0 aliphatic carbocycles. The van der Waals surface area contributed by atoms with Gasteiger partial charge in [0.1, 0.15) is 5.82 Å². The van der Waals surface area contributed by atoms with Crippen molar-refractivity contribution in [3.63, 3.8) is 0 Å². The first-order valence-corrected chi connectivity index (χ1v) is 10.0. The fraction of sp³-hybridized carbons (Fsp3) is 0.316. The van der Waals surface area contributed by atoms with Crippen molar-refractivity contribution >= 4 is 33.3 Å². The first-order valence-electron chi connectivity index (χ1n) is 8.24. The van der Waals surface area contributed by atoms with Crippen LogP contribution in [-0.2, 0) is 0 Å². The fourth-order valence-corrected chi connectivity index (χ4v) is 5.61. The summed E-state index contributed by atoms with van der Waals surface area (Å²) in [4.78, 5) is 4.72. The molecule has 1 aliphatic rings. The average molecular weight is 359 g/mol. The van der Waals surface area contributed by atoms with E-state index in [1.165, 1.54) is 10.3 Å². The molecule has 1 N–H and O–H groups in total. The zero-order valence-corrected chi connectivity index (χ0v) is 14.9. The van der Waals surface area contributed by atoms with E-state index in [1.807, 2.05) is 30.0 Å². The summed E-state index contributed by atoms with van der Waals surface area (Å²) < 4.78 is 15.6. The van der Waals surface area contributed by atoms with Gasteiger partial charge in [-0.05, 0) is 61.2 Å². The molecule has 24 heavy (non-hydrogen) atoms. The lowest BCUT2D eigenvalue weighted by Crippen LogP contribution is -2.36. The number of piperidine rings is 1. The number of hydrogen-bond donors (Lipinski definition) is 1. The summed E-state index contributed by atoms with van der Waals surface area (Å²) >= 11 is 3.61. The lowest BCUT2D eigenvalue weighted by molar-refractivity contribution is 0.354. The fourth-order valence-electron chi connectivity index (χ4n) is 3.34. The number of hydrogen-bond acceptors (Lipinski definition) is 4. The van der Waals surface area contributed by atoms with Gasteiger partial charge in [0.25, 0.3) is 0 Å². The maximum atomic E-state index is 13.2. The second-order valence-electron chi connectivity index (χ2n) is 6.17. The molecule has 2 atom stereocenters. The summed E-state index contributed by atoms with van der Waals surface area (Å²) in [6.07, 6.45) is 1.11. The Bertz CT molecular complexity index is 783. The molecule has 4 rings (SSSR count). The van der Waals surface area contributed by atoms with Gasteiger partial charge in [-0.2, -0.15) is 0 Å². The van der Waals surface area contributed by atoms with Crippen molar-refractivity contribution in [2.75, 3.05) is 18.8 Å². The van der Waals surface area contributed by atoms with E-state index in [-0.39, 0.29) is 5.82 Å². The van der Waals surface area contributed by atoms with E-state index in [2.05, 4.69) is 23.5 Å². The molecule has 5 heteroatoms. The van der Waals surface area contributed by atoms with Crippen molar-refractivity contribution in [2.24, 2.45) is 5.92 Å². The average Bonchev–Trinajstić information content (AvgIpc) is 3.04. The second-order valence-corrected chi connectivity index (χ2v) is 8.47. The summed E-state index contributed by atoms with van der Waals surface area (Å²) in [6, 6.07) is 15.3. The Hall–Kier alpha value is -1.43. The predicted molar refractivity (Wildman–Crippen MR) is 100 cm³/mol. The van der Waals surface area contributed by atoms with Crippen LogP contribution >= 0.6 is 23.1 Å². The number of fused-ring (bicyclic) bond motifs is 1. The van der Waals surface area contributed by atoms with E-state index in [0.717, 1.165) is 35.1 Å². The van der Waals surface area contributed by atoms with Gasteiger partial charge in [0.15, 0.2) is 4.34 Å². The van der Waals surface area contributed by atoms with Gasteiger partial charge in [0.2, 0.25) is 0 Å². The van der Waals surface area contributed by atoms with Gasteiger partial charge >= 0.3 is 0 Å². The molecular formula is C19H19FN2S2. The Morgan fingerprint density at radius 1 is 1.17 bits per heavy atom. The third-order valence-electron chi connectivity index (χ3n) is 4.60. The third kappa shape index (κ3) is 3.48. The largest absolute Gasteiger partial charge is 0.316 e. The van der Waals surface area contributed by atoms with E-state index in [1.54, 1.807) is 23.5 Å². The molecule has 2 nitrogen and oxygen atoms in total. The van der Waals surface area contributed by atoms with Crippen LogP contribution in [0.15, 0.2) is 52.9 Å². The number of benzene rings is 2. The molecule has 124 valence electrons. The number of thioether (sulfide) groups is 1. The lowest BCUT2D eigenvalue weighted by atomic mass is 9.82. The van der Waals surface area contributed by atoms with Gasteiger partial charge < -0.3 is 5.32 Å². The molecule has 0 saturated carbocycles. The van der Waals surface area contributed by atoms with E-state index >= 15 is 0 Å². The summed E-state index contributed by atoms with van der Waals surface area (Å²) in [5, 5.41) is 3.50. The highest BCUT2D eigenvalue weighted by molar-refractivity contribution is 8.01. The number of thiazole rings is 1. The minimum atomic E-state index is -0.159. The SMILES string of the molecule is Fc1ccc(C2CCNCC2CSc2nc3ccccc3s2)cc1. The highest BCUT2D eigenvalue weighted by atomic mass is 32.2. The van der Waals surface area contributed by atoms with Gasteiger partial charge in [-0.3, -0.25) is 0 Å². The van der Waals surface area contributed by atoms with Gasteiger partial charge in [-0.1, -0.05) is 36.0 Å².